The third kappa shape index (κ3) is 5.60. The summed E-state index contributed by atoms with van der Waals surface area (Å²) in [4.78, 5) is 19.4. The lowest BCUT2D eigenvalue weighted by Crippen LogP contribution is -2.45. The highest BCUT2D eigenvalue weighted by Gasteiger charge is 2.33. The van der Waals surface area contributed by atoms with Crippen LogP contribution in [-0.2, 0) is 24.1 Å². The second-order valence-electron chi connectivity index (χ2n) is 9.35. The van der Waals surface area contributed by atoms with Gasteiger partial charge >= 0.3 is 6.09 Å². The number of amides is 1. The molecule has 0 radical (unpaired) electrons. The van der Waals surface area contributed by atoms with E-state index in [1.807, 2.05) is 55.8 Å². The zero-order chi connectivity index (χ0) is 21.8. The molecule has 1 aromatic heterocycles. The molecule has 6 heteroatoms. The van der Waals surface area contributed by atoms with Gasteiger partial charge in [0.25, 0.3) is 0 Å². The van der Waals surface area contributed by atoms with Crippen LogP contribution in [0.4, 0.5) is 4.79 Å². The number of fused-ring (bicyclic) bond motifs is 2. The third-order valence-electron chi connectivity index (χ3n) is 5.83. The Morgan fingerprint density at radius 1 is 1.19 bits per heavy atom. The molecular formula is C25H33N3O2S. The predicted octanol–water partition coefficient (Wildman–Crippen LogP) is 5.10. The summed E-state index contributed by atoms with van der Waals surface area (Å²) in [6, 6.07) is 13.0. The molecule has 5 nitrogen and oxygen atoms in total. The maximum absolute atomic E-state index is 12.9. The Morgan fingerprint density at radius 3 is 2.77 bits per heavy atom. The molecule has 0 spiro atoms. The van der Waals surface area contributed by atoms with E-state index in [9.17, 15) is 4.79 Å². The molecule has 2 aromatic rings. The number of thioether (sulfide) groups is 1. The number of carbonyl (C=O) groups is 1. The highest BCUT2D eigenvalue weighted by Crippen LogP contribution is 2.31. The fraction of sp³-hybridized carbons (Fsp3) is 0.520. The first-order valence-corrected chi connectivity index (χ1v) is 12.3. The van der Waals surface area contributed by atoms with Crippen LogP contribution in [0.15, 0.2) is 42.6 Å². The number of rotatable bonds is 5. The molecule has 2 heterocycles. The molecule has 1 aromatic carbocycles. The quantitative estimate of drug-likeness (QED) is 0.657. The minimum Gasteiger partial charge on any atom is -0.444 e. The molecule has 0 fully saturated rings. The summed E-state index contributed by atoms with van der Waals surface area (Å²) in [6.07, 6.45) is 5.99. The van der Waals surface area contributed by atoms with Gasteiger partial charge in [-0.15, -0.1) is 11.8 Å². The highest BCUT2D eigenvalue weighted by atomic mass is 32.2. The molecule has 4 rings (SSSR count). The summed E-state index contributed by atoms with van der Waals surface area (Å²) in [5, 5.41) is 3.79. The van der Waals surface area contributed by atoms with Gasteiger partial charge in [0.05, 0.1) is 17.6 Å². The third-order valence-corrected chi connectivity index (χ3v) is 7.07. The van der Waals surface area contributed by atoms with Crippen LogP contribution < -0.4 is 5.32 Å². The van der Waals surface area contributed by atoms with Crippen molar-refractivity contribution in [1.82, 2.24) is 15.2 Å². The molecule has 1 amide bonds. The number of aromatic nitrogens is 1. The van der Waals surface area contributed by atoms with E-state index in [1.54, 1.807) is 0 Å². The zero-order valence-corrected chi connectivity index (χ0v) is 19.6. The van der Waals surface area contributed by atoms with Gasteiger partial charge in [-0.2, -0.15) is 0 Å². The van der Waals surface area contributed by atoms with E-state index in [-0.39, 0.29) is 11.5 Å². The van der Waals surface area contributed by atoms with Gasteiger partial charge in [-0.1, -0.05) is 30.3 Å². The van der Waals surface area contributed by atoms with Crippen molar-refractivity contribution in [1.29, 1.82) is 0 Å². The molecule has 0 bridgehead atoms. The van der Waals surface area contributed by atoms with Crippen LogP contribution in [0.3, 0.4) is 0 Å². The number of hydrogen-bond donors (Lipinski definition) is 1. The summed E-state index contributed by atoms with van der Waals surface area (Å²) in [5.74, 6) is 0.935. The predicted molar refractivity (Wildman–Crippen MR) is 126 cm³/mol. The van der Waals surface area contributed by atoms with Crippen LogP contribution in [0.1, 0.15) is 62.0 Å². The number of ether oxygens (including phenoxy) is 1. The van der Waals surface area contributed by atoms with Crippen LogP contribution in [0, 0.1) is 0 Å². The SMILES string of the molecule is CC(C)(C)OC(=O)N1Cc2ccccc2CC1SCCN[C@H]1CCCc2cccnc21. The van der Waals surface area contributed by atoms with E-state index in [4.69, 9.17) is 4.74 Å². The summed E-state index contributed by atoms with van der Waals surface area (Å²) >= 11 is 1.84. The molecule has 1 unspecified atom stereocenters. The van der Waals surface area contributed by atoms with Crippen molar-refractivity contribution in [3.63, 3.8) is 0 Å². The Hall–Kier alpha value is -2.05. The van der Waals surface area contributed by atoms with Crippen LogP contribution in [0.2, 0.25) is 0 Å². The van der Waals surface area contributed by atoms with Crippen molar-refractivity contribution in [2.24, 2.45) is 0 Å². The average molecular weight is 440 g/mol. The van der Waals surface area contributed by atoms with Crippen molar-refractivity contribution < 1.29 is 9.53 Å². The van der Waals surface area contributed by atoms with Gasteiger partial charge in [-0.05, 0) is 62.8 Å². The van der Waals surface area contributed by atoms with Crippen molar-refractivity contribution in [3.05, 3.63) is 65.0 Å². The van der Waals surface area contributed by atoms with E-state index < -0.39 is 5.60 Å². The second kappa shape index (κ2) is 9.61. The topological polar surface area (TPSA) is 54.5 Å². The molecular weight excluding hydrogens is 406 g/mol. The van der Waals surface area contributed by atoms with E-state index in [0.29, 0.717) is 12.6 Å². The van der Waals surface area contributed by atoms with Gasteiger partial charge in [-0.3, -0.25) is 9.88 Å². The lowest BCUT2D eigenvalue weighted by Gasteiger charge is -2.37. The lowest BCUT2D eigenvalue weighted by molar-refractivity contribution is 0.0197. The average Bonchev–Trinajstić information content (AvgIpc) is 2.75. The summed E-state index contributed by atoms with van der Waals surface area (Å²) in [5.41, 5.74) is 4.64. The first-order valence-electron chi connectivity index (χ1n) is 11.3. The number of hydrogen-bond acceptors (Lipinski definition) is 5. The Kier molecular flexibility index (Phi) is 6.87. The van der Waals surface area contributed by atoms with Crippen LogP contribution in [-0.4, -0.2) is 39.2 Å². The van der Waals surface area contributed by atoms with Crippen LogP contribution in [0.25, 0.3) is 0 Å². The summed E-state index contributed by atoms with van der Waals surface area (Å²) in [7, 11) is 0. The molecule has 166 valence electrons. The van der Waals surface area contributed by atoms with Crippen LogP contribution >= 0.6 is 11.8 Å². The molecule has 1 aliphatic heterocycles. The Bertz CT molecular complexity index is 912. The van der Waals surface area contributed by atoms with Gasteiger partial charge in [0.1, 0.15) is 5.60 Å². The van der Waals surface area contributed by atoms with E-state index in [1.165, 1.54) is 28.8 Å². The normalized spacial score (nSPS) is 20.7. The maximum atomic E-state index is 12.9. The van der Waals surface area contributed by atoms with Gasteiger partial charge in [-0.25, -0.2) is 4.79 Å². The van der Waals surface area contributed by atoms with Crippen molar-refractivity contribution in [2.45, 2.75) is 70.0 Å². The van der Waals surface area contributed by atoms with Gasteiger partial charge in [0.15, 0.2) is 0 Å². The molecule has 0 saturated heterocycles. The minimum absolute atomic E-state index is 0.0864. The second-order valence-corrected chi connectivity index (χ2v) is 10.6. The van der Waals surface area contributed by atoms with Crippen molar-refractivity contribution in [3.8, 4) is 0 Å². The Balaban J connectivity index is 1.37. The van der Waals surface area contributed by atoms with E-state index in [0.717, 1.165) is 31.6 Å². The number of pyridine rings is 1. The standard InChI is InChI=1S/C25H33N3O2S/c1-25(2,3)30-24(29)28-17-20-9-5-4-8-19(20)16-22(28)31-15-14-26-21-12-6-10-18-11-7-13-27-23(18)21/h4-5,7-9,11,13,21-22,26H,6,10,12,14-17H2,1-3H3/t21-,22?/m0/s1. The zero-order valence-electron chi connectivity index (χ0n) is 18.8. The van der Waals surface area contributed by atoms with Crippen molar-refractivity contribution in [2.75, 3.05) is 12.3 Å². The number of nitrogens with one attached hydrogen (secondary N) is 1. The number of carbonyl (C=O) groups excluding carboxylic acids is 1. The molecule has 2 atom stereocenters. The number of nitrogens with zero attached hydrogens (tertiary/aromatic N) is 2. The van der Waals surface area contributed by atoms with Crippen LogP contribution in [0.5, 0.6) is 0 Å². The van der Waals surface area contributed by atoms with E-state index >= 15 is 0 Å². The smallest absolute Gasteiger partial charge is 0.411 e. The lowest BCUT2D eigenvalue weighted by atomic mass is 9.92. The fourth-order valence-electron chi connectivity index (χ4n) is 4.38. The first kappa shape index (κ1) is 22.2. The minimum atomic E-state index is -0.494. The molecule has 2 aliphatic rings. The van der Waals surface area contributed by atoms with Gasteiger partial charge < -0.3 is 10.1 Å². The van der Waals surface area contributed by atoms with E-state index in [2.05, 4.69) is 34.6 Å². The van der Waals surface area contributed by atoms with Crippen molar-refractivity contribution >= 4 is 17.9 Å². The van der Waals surface area contributed by atoms with Gasteiger partial charge in [0.2, 0.25) is 0 Å². The monoisotopic (exact) mass is 439 g/mol. The molecule has 0 saturated carbocycles. The molecule has 1 aliphatic carbocycles. The largest absolute Gasteiger partial charge is 0.444 e. The first-order chi connectivity index (χ1) is 14.9. The Labute approximate surface area is 190 Å². The summed E-state index contributed by atoms with van der Waals surface area (Å²) < 4.78 is 5.71. The fourth-order valence-corrected chi connectivity index (χ4v) is 5.53. The summed E-state index contributed by atoms with van der Waals surface area (Å²) in [6.45, 7) is 7.27. The Morgan fingerprint density at radius 2 is 1.97 bits per heavy atom. The number of aryl methyl sites for hydroxylation is 1. The van der Waals surface area contributed by atoms with Gasteiger partial charge in [0, 0.05) is 31.0 Å². The molecule has 1 N–H and O–H groups in total. The molecule has 31 heavy (non-hydrogen) atoms. The highest BCUT2D eigenvalue weighted by molar-refractivity contribution is 7.99. The number of benzene rings is 1. The maximum Gasteiger partial charge on any atom is 0.411 e.